The molecule has 4 rings (SSSR count). The van der Waals surface area contributed by atoms with Crippen molar-refractivity contribution < 1.29 is 23.9 Å². The number of benzene rings is 2. The zero-order chi connectivity index (χ0) is 22.9. The van der Waals surface area contributed by atoms with Crippen LogP contribution in [-0.4, -0.2) is 46.9 Å². The minimum Gasteiger partial charge on any atom is -0.447 e. The quantitative estimate of drug-likeness (QED) is 0.399. The van der Waals surface area contributed by atoms with Gasteiger partial charge in [0.2, 0.25) is 3.79 Å². The summed E-state index contributed by atoms with van der Waals surface area (Å²) >= 11 is 18.1. The van der Waals surface area contributed by atoms with Gasteiger partial charge in [0, 0.05) is 34.5 Å². The number of rotatable bonds is 5. The summed E-state index contributed by atoms with van der Waals surface area (Å²) in [6.45, 7) is 0.727. The van der Waals surface area contributed by atoms with E-state index in [2.05, 4.69) is 10.6 Å². The minimum atomic E-state index is -1.94. The van der Waals surface area contributed by atoms with E-state index in [9.17, 15) is 14.4 Å². The molecule has 2 aromatic carbocycles. The third kappa shape index (κ3) is 4.86. The summed E-state index contributed by atoms with van der Waals surface area (Å²) in [5.74, 6) is -0.524. The van der Waals surface area contributed by atoms with Crippen LogP contribution in [0.2, 0.25) is 0 Å². The molecule has 7 nitrogen and oxygen atoms in total. The maximum atomic E-state index is 12.9. The third-order valence-electron chi connectivity index (χ3n) is 5.25. The van der Waals surface area contributed by atoms with E-state index in [1.807, 2.05) is 0 Å². The average Bonchev–Trinajstić information content (AvgIpc) is 3.29. The fourth-order valence-corrected chi connectivity index (χ4v) is 3.99. The molecule has 0 bridgehead atoms. The molecule has 1 amide bonds. The van der Waals surface area contributed by atoms with Gasteiger partial charge in [0.25, 0.3) is 0 Å². The Bertz CT molecular complexity index is 1060. The molecule has 2 aromatic rings. The van der Waals surface area contributed by atoms with Gasteiger partial charge in [-0.05, 0) is 31.0 Å². The Morgan fingerprint density at radius 3 is 2.34 bits per heavy atom. The monoisotopic (exact) mass is 496 g/mol. The van der Waals surface area contributed by atoms with Gasteiger partial charge in [0.1, 0.15) is 12.8 Å². The van der Waals surface area contributed by atoms with E-state index in [1.54, 1.807) is 30.3 Å². The lowest BCUT2D eigenvalue weighted by molar-refractivity contribution is 0.0432. The summed E-state index contributed by atoms with van der Waals surface area (Å²) in [6.07, 6.45) is -0.388. The van der Waals surface area contributed by atoms with Crippen LogP contribution in [0.3, 0.4) is 0 Å². The van der Waals surface area contributed by atoms with Gasteiger partial charge in [-0.2, -0.15) is 0 Å². The Labute approximate surface area is 199 Å². The number of alkyl carbamates (subject to hydrolysis) is 1. The molecule has 1 saturated heterocycles. The Morgan fingerprint density at radius 2 is 1.72 bits per heavy atom. The zero-order valence-corrected chi connectivity index (χ0v) is 19.0. The van der Waals surface area contributed by atoms with Crippen LogP contribution in [0.5, 0.6) is 0 Å². The van der Waals surface area contributed by atoms with E-state index in [0.717, 1.165) is 12.8 Å². The molecule has 0 saturated carbocycles. The average molecular weight is 498 g/mol. The predicted octanol–water partition coefficient (Wildman–Crippen LogP) is 4.48. The van der Waals surface area contributed by atoms with Crippen LogP contribution in [0, 0.1) is 0 Å². The van der Waals surface area contributed by atoms with E-state index in [0.29, 0.717) is 23.4 Å². The maximum Gasteiger partial charge on any atom is 0.408 e. The molecular formula is C22H19Cl3N2O5. The van der Waals surface area contributed by atoms with Gasteiger partial charge in [-0.1, -0.05) is 59.1 Å². The largest absolute Gasteiger partial charge is 0.447 e. The Hall–Kier alpha value is -2.32. The smallest absolute Gasteiger partial charge is 0.408 e. The second-order valence-corrected chi connectivity index (χ2v) is 9.83. The second-order valence-electron chi connectivity index (χ2n) is 7.46. The molecule has 2 N–H and O–H groups in total. The van der Waals surface area contributed by atoms with Crippen molar-refractivity contribution in [2.45, 2.75) is 28.9 Å². The number of hydrogen-bond donors (Lipinski definition) is 2. The number of alkyl halides is 3. The number of carbonyl (C=O) groups excluding carboxylic acids is 3. The van der Waals surface area contributed by atoms with Crippen molar-refractivity contribution in [3.05, 3.63) is 64.7 Å². The minimum absolute atomic E-state index is 0.0906. The maximum absolute atomic E-state index is 12.9. The number of anilines is 1. The molecule has 32 heavy (non-hydrogen) atoms. The molecule has 0 radical (unpaired) electrons. The van der Waals surface area contributed by atoms with E-state index in [-0.39, 0.29) is 35.4 Å². The zero-order valence-electron chi connectivity index (χ0n) is 16.7. The van der Waals surface area contributed by atoms with Crippen molar-refractivity contribution in [1.29, 1.82) is 0 Å². The first kappa shape index (κ1) is 22.9. The van der Waals surface area contributed by atoms with Crippen LogP contribution >= 0.6 is 34.8 Å². The van der Waals surface area contributed by atoms with Gasteiger partial charge in [-0.15, -0.1) is 0 Å². The number of amides is 1. The third-order valence-corrected chi connectivity index (χ3v) is 5.90. The predicted molar refractivity (Wildman–Crippen MR) is 121 cm³/mol. The summed E-state index contributed by atoms with van der Waals surface area (Å²) in [5.41, 5.74) is 1.58. The Morgan fingerprint density at radius 1 is 1.06 bits per heavy atom. The Kier molecular flexibility index (Phi) is 6.62. The lowest BCUT2D eigenvalue weighted by Gasteiger charge is -2.28. The van der Waals surface area contributed by atoms with Crippen LogP contribution in [0.4, 0.5) is 10.5 Å². The van der Waals surface area contributed by atoms with Gasteiger partial charge >= 0.3 is 6.09 Å². The van der Waals surface area contributed by atoms with Crippen LogP contribution in [0.25, 0.3) is 0 Å². The number of fused-ring (bicyclic) bond motifs is 2. The summed E-state index contributed by atoms with van der Waals surface area (Å²) in [6, 6.07) is 11.2. The van der Waals surface area contributed by atoms with Crippen molar-refractivity contribution in [1.82, 2.24) is 5.32 Å². The lowest BCUT2D eigenvalue weighted by Crippen LogP contribution is -2.49. The van der Waals surface area contributed by atoms with Crippen molar-refractivity contribution in [2.24, 2.45) is 0 Å². The first-order valence-corrected chi connectivity index (χ1v) is 11.1. The standard InChI is InChI=1S/C22H19Cl3N2O5/c23-22(24,25)20(27-21(30)32-11-13-4-3-9-31-13)26-12-7-8-16-17(10-12)19(29)15-6-2-1-5-14(15)18(16)28/h1-2,5-8,10,13,20,26H,3-4,9,11H2,(H,27,30)/t13-,20+/m0/s1. The SMILES string of the molecule is O=C(N[C@@H](Nc1ccc2c(c1)C(=O)c1ccccc1C2=O)C(Cl)(Cl)Cl)OC[C@@H]1CCCO1. The number of hydrogen-bond acceptors (Lipinski definition) is 6. The highest BCUT2D eigenvalue weighted by Gasteiger charge is 2.36. The molecule has 2 aliphatic rings. The number of nitrogens with one attached hydrogen (secondary N) is 2. The van der Waals surface area contributed by atoms with Crippen molar-refractivity contribution in [2.75, 3.05) is 18.5 Å². The van der Waals surface area contributed by atoms with E-state index >= 15 is 0 Å². The highest BCUT2D eigenvalue weighted by Crippen LogP contribution is 2.33. The lowest BCUT2D eigenvalue weighted by atomic mass is 9.84. The number of ether oxygens (including phenoxy) is 2. The molecule has 1 aliphatic heterocycles. The molecule has 0 spiro atoms. The highest BCUT2D eigenvalue weighted by molar-refractivity contribution is 6.68. The molecule has 1 fully saturated rings. The second kappa shape index (κ2) is 9.27. The molecule has 2 atom stereocenters. The number of halogens is 3. The van der Waals surface area contributed by atoms with Gasteiger partial charge in [0.15, 0.2) is 11.6 Å². The number of ketones is 2. The fraction of sp³-hybridized carbons (Fsp3) is 0.318. The van der Waals surface area contributed by atoms with Crippen LogP contribution in [0.15, 0.2) is 42.5 Å². The van der Waals surface area contributed by atoms with Gasteiger partial charge in [-0.25, -0.2) is 4.79 Å². The van der Waals surface area contributed by atoms with Crippen molar-refractivity contribution >= 4 is 58.1 Å². The van der Waals surface area contributed by atoms with Crippen molar-refractivity contribution in [3.8, 4) is 0 Å². The Balaban J connectivity index is 1.50. The van der Waals surface area contributed by atoms with Crippen LogP contribution < -0.4 is 10.6 Å². The van der Waals surface area contributed by atoms with Crippen LogP contribution in [0.1, 0.15) is 44.7 Å². The first-order chi connectivity index (χ1) is 15.2. The summed E-state index contributed by atoms with van der Waals surface area (Å²) in [7, 11) is 0. The van der Waals surface area contributed by atoms with E-state index in [1.165, 1.54) is 12.1 Å². The molecular weight excluding hydrogens is 479 g/mol. The molecule has 10 heteroatoms. The molecule has 0 unspecified atom stereocenters. The summed E-state index contributed by atoms with van der Waals surface area (Å²) in [4.78, 5) is 37.9. The molecule has 168 valence electrons. The van der Waals surface area contributed by atoms with Crippen molar-refractivity contribution in [3.63, 3.8) is 0 Å². The van der Waals surface area contributed by atoms with E-state index < -0.39 is 16.1 Å². The first-order valence-electron chi connectivity index (χ1n) is 9.94. The van der Waals surface area contributed by atoms with Crippen LogP contribution in [-0.2, 0) is 9.47 Å². The topological polar surface area (TPSA) is 93.7 Å². The highest BCUT2D eigenvalue weighted by atomic mass is 35.6. The molecule has 1 aliphatic carbocycles. The van der Waals surface area contributed by atoms with Gasteiger partial charge < -0.3 is 14.8 Å². The van der Waals surface area contributed by atoms with E-state index in [4.69, 9.17) is 44.3 Å². The molecule has 1 heterocycles. The fourth-order valence-electron chi connectivity index (χ4n) is 3.66. The number of carbonyl (C=O) groups is 3. The summed E-state index contributed by atoms with van der Waals surface area (Å²) in [5, 5.41) is 5.35. The normalized spacial score (nSPS) is 18.5. The molecule has 0 aromatic heterocycles. The summed E-state index contributed by atoms with van der Waals surface area (Å²) < 4.78 is 8.63. The van der Waals surface area contributed by atoms with Gasteiger partial charge in [0.05, 0.1) is 6.10 Å². The van der Waals surface area contributed by atoms with Gasteiger partial charge in [-0.3, -0.25) is 14.9 Å².